The van der Waals surface area contributed by atoms with Gasteiger partial charge >= 0.3 is 5.97 Å². The molecule has 2 aromatic rings. The van der Waals surface area contributed by atoms with Crippen LogP contribution in [0.2, 0.25) is 5.02 Å². The molecule has 0 bridgehead atoms. The van der Waals surface area contributed by atoms with Crippen molar-refractivity contribution in [3.63, 3.8) is 0 Å². The third-order valence-electron chi connectivity index (χ3n) is 3.42. The lowest BCUT2D eigenvalue weighted by Crippen LogP contribution is -2.14. The minimum atomic E-state index is -0.825. The van der Waals surface area contributed by atoms with E-state index in [2.05, 4.69) is 0 Å². The van der Waals surface area contributed by atoms with Gasteiger partial charge < -0.3 is 9.47 Å². The Morgan fingerprint density at radius 2 is 1.88 bits per heavy atom. The Morgan fingerprint density at radius 3 is 2.46 bits per heavy atom. The zero-order chi connectivity index (χ0) is 19.3. The molecule has 0 aromatic heterocycles. The highest BCUT2D eigenvalue weighted by Crippen LogP contribution is 2.28. The lowest BCUT2D eigenvalue weighted by Gasteiger charge is -2.07. The van der Waals surface area contributed by atoms with Gasteiger partial charge in [-0.2, -0.15) is 0 Å². The summed E-state index contributed by atoms with van der Waals surface area (Å²) < 4.78 is 9.96. The molecule has 0 spiro atoms. The van der Waals surface area contributed by atoms with Gasteiger partial charge in [0.25, 0.3) is 5.69 Å². The largest absolute Gasteiger partial charge is 0.495 e. The molecule has 0 saturated heterocycles. The van der Waals surface area contributed by atoms with Crippen molar-refractivity contribution in [3.8, 4) is 5.75 Å². The van der Waals surface area contributed by atoms with E-state index in [1.165, 1.54) is 49.2 Å². The number of nitro benzene ring substituents is 1. The van der Waals surface area contributed by atoms with Crippen LogP contribution in [0.15, 0.2) is 41.3 Å². The van der Waals surface area contributed by atoms with Crippen LogP contribution in [-0.2, 0) is 4.74 Å². The highest BCUT2D eigenvalue weighted by molar-refractivity contribution is 7.98. The van der Waals surface area contributed by atoms with E-state index in [0.717, 1.165) is 6.07 Å². The van der Waals surface area contributed by atoms with E-state index in [0.29, 0.717) is 10.6 Å². The molecular formula is C17H14ClNO6S. The molecule has 136 valence electrons. The fraction of sp³-hybridized carbons (Fsp3) is 0.176. The third-order valence-corrected chi connectivity index (χ3v) is 4.50. The maximum atomic E-state index is 12.1. The summed E-state index contributed by atoms with van der Waals surface area (Å²) in [6, 6.07) is 8.44. The number of nitro groups is 1. The van der Waals surface area contributed by atoms with Gasteiger partial charge in [-0.1, -0.05) is 11.6 Å². The fourth-order valence-electron chi connectivity index (χ4n) is 2.10. The normalized spacial score (nSPS) is 10.3. The van der Waals surface area contributed by atoms with Crippen molar-refractivity contribution < 1.29 is 24.0 Å². The van der Waals surface area contributed by atoms with Gasteiger partial charge in [0.05, 0.1) is 27.5 Å². The predicted molar refractivity (Wildman–Crippen MR) is 97.5 cm³/mol. The Hall–Kier alpha value is -2.58. The second-order valence-corrected chi connectivity index (χ2v) is 6.25. The summed E-state index contributed by atoms with van der Waals surface area (Å²) in [4.78, 5) is 35.1. The van der Waals surface area contributed by atoms with E-state index in [1.54, 1.807) is 6.26 Å². The minimum absolute atomic E-state index is 0.00457. The summed E-state index contributed by atoms with van der Waals surface area (Å²) in [7, 11) is 1.45. The molecule has 26 heavy (non-hydrogen) atoms. The first-order chi connectivity index (χ1) is 12.4. The van der Waals surface area contributed by atoms with Gasteiger partial charge in [-0.05, 0) is 36.6 Å². The summed E-state index contributed by atoms with van der Waals surface area (Å²) in [6.45, 7) is -0.514. The van der Waals surface area contributed by atoms with Crippen LogP contribution in [0.4, 0.5) is 5.69 Å². The van der Waals surface area contributed by atoms with Crippen molar-refractivity contribution in [2.24, 2.45) is 0 Å². The van der Waals surface area contributed by atoms with Gasteiger partial charge in [-0.3, -0.25) is 14.9 Å². The number of halogens is 1. The number of nitrogens with zero attached hydrogens (tertiary/aromatic N) is 1. The van der Waals surface area contributed by atoms with Crippen molar-refractivity contribution in [2.45, 2.75) is 4.90 Å². The van der Waals surface area contributed by atoms with Crippen LogP contribution in [0.25, 0.3) is 0 Å². The van der Waals surface area contributed by atoms with E-state index >= 15 is 0 Å². The van der Waals surface area contributed by atoms with Gasteiger partial charge in [0.2, 0.25) is 0 Å². The van der Waals surface area contributed by atoms with Crippen LogP contribution in [0.3, 0.4) is 0 Å². The van der Waals surface area contributed by atoms with Gasteiger partial charge in [0, 0.05) is 11.6 Å². The number of thioether (sulfide) groups is 1. The number of ether oxygens (including phenoxy) is 2. The molecule has 9 heteroatoms. The van der Waals surface area contributed by atoms with E-state index in [9.17, 15) is 19.7 Å². The van der Waals surface area contributed by atoms with Gasteiger partial charge in [-0.25, -0.2) is 4.79 Å². The highest BCUT2D eigenvalue weighted by Gasteiger charge is 2.19. The average Bonchev–Trinajstić information content (AvgIpc) is 2.64. The number of Topliss-reactive ketones (excluding diaryl/α,β-unsaturated/α-hetero) is 1. The van der Waals surface area contributed by atoms with E-state index in [-0.39, 0.29) is 21.8 Å². The van der Waals surface area contributed by atoms with Crippen LogP contribution in [0.1, 0.15) is 20.7 Å². The Balaban J connectivity index is 2.08. The Kier molecular flexibility index (Phi) is 6.59. The lowest BCUT2D eigenvalue weighted by molar-refractivity contribution is -0.387. The predicted octanol–water partition coefficient (Wildman–Crippen LogP) is 4.02. The number of hydrogen-bond acceptors (Lipinski definition) is 7. The highest BCUT2D eigenvalue weighted by atomic mass is 35.5. The lowest BCUT2D eigenvalue weighted by atomic mass is 10.1. The Morgan fingerprint density at radius 1 is 1.19 bits per heavy atom. The van der Waals surface area contributed by atoms with Gasteiger partial charge in [0.15, 0.2) is 12.4 Å². The zero-order valence-corrected chi connectivity index (χ0v) is 15.4. The number of methoxy groups -OCH3 is 1. The molecule has 0 atom stereocenters. The molecule has 7 nitrogen and oxygen atoms in total. The van der Waals surface area contributed by atoms with Crippen molar-refractivity contribution in [1.29, 1.82) is 0 Å². The summed E-state index contributed by atoms with van der Waals surface area (Å²) in [6.07, 6.45) is 1.69. The number of carbonyl (C=O) groups excluding carboxylic acids is 2. The molecule has 0 N–H and O–H groups in total. The molecular weight excluding hydrogens is 382 g/mol. The van der Waals surface area contributed by atoms with Crippen molar-refractivity contribution >= 4 is 40.8 Å². The smallest absolute Gasteiger partial charge is 0.338 e. The minimum Gasteiger partial charge on any atom is -0.495 e. The molecule has 0 unspecified atom stereocenters. The maximum Gasteiger partial charge on any atom is 0.338 e. The van der Waals surface area contributed by atoms with E-state index in [4.69, 9.17) is 21.1 Å². The summed E-state index contributed by atoms with van der Waals surface area (Å²) >= 11 is 7.15. The van der Waals surface area contributed by atoms with E-state index < -0.39 is 23.3 Å². The van der Waals surface area contributed by atoms with Gasteiger partial charge in [-0.15, -0.1) is 11.8 Å². The second kappa shape index (κ2) is 8.68. The molecule has 0 aliphatic heterocycles. The van der Waals surface area contributed by atoms with Crippen LogP contribution >= 0.6 is 23.4 Å². The molecule has 0 radical (unpaired) electrons. The number of benzene rings is 2. The molecule has 0 fully saturated rings. The van der Waals surface area contributed by atoms with Crippen LogP contribution in [0, 0.1) is 10.1 Å². The van der Waals surface area contributed by atoms with Crippen molar-refractivity contribution in [1.82, 2.24) is 0 Å². The summed E-state index contributed by atoms with van der Waals surface area (Å²) in [5, 5.41) is 11.3. The molecule has 0 saturated carbocycles. The molecule has 2 aromatic carbocycles. The number of esters is 1. The van der Waals surface area contributed by atoms with Crippen LogP contribution in [0.5, 0.6) is 5.75 Å². The molecule has 0 amide bonds. The number of carbonyl (C=O) groups is 2. The topological polar surface area (TPSA) is 95.7 Å². The quantitative estimate of drug-likeness (QED) is 0.229. The molecule has 0 heterocycles. The molecule has 0 aliphatic carbocycles. The SMILES string of the molecule is COc1ccc(C(=O)COC(=O)c2ccc(SC)c([N+](=O)[O-])c2)cc1Cl. The number of hydrogen-bond donors (Lipinski definition) is 0. The van der Waals surface area contributed by atoms with Crippen LogP contribution < -0.4 is 4.74 Å². The van der Waals surface area contributed by atoms with E-state index in [1.807, 2.05) is 0 Å². The average molecular weight is 396 g/mol. The standard InChI is InChI=1S/C17H14ClNO6S/c1-24-15-5-3-10(7-12(15)18)14(20)9-25-17(21)11-4-6-16(26-2)13(8-11)19(22)23/h3-8H,9H2,1-2H3. The van der Waals surface area contributed by atoms with Crippen molar-refractivity contribution in [3.05, 3.63) is 62.7 Å². The monoisotopic (exact) mass is 395 g/mol. The first kappa shape index (κ1) is 19.7. The first-order valence-corrected chi connectivity index (χ1v) is 8.84. The van der Waals surface area contributed by atoms with Crippen LogP contribution in [-0.4, -0.2) is 36.6 Å². The Labute approximate surface area is 158 Å². The number of rotatable bonds is 7. The third kappa shape index (κ3) is 4.53. The number of ketones is 1. The maximum absolute atomic E-state index is 12.1. The molecule has 2 rings (SSSR count). The summed E-state index contributed by atoms with van der Waals surface area (Å²) in [5.41, 5.74) is 0.0580. The first-order valence-electron chi connectivity index (χ1n) is 7.23. The van der Waals surface area contributed by atoms with Crippen molar-refractivity contribution in [2.75, 3.05) is 20.0 Å². The fourth-order valence-corrected chi connectivity index (χ4v) is 2.90. The molecule has 0 aliphatic rings. The second-order valence-electron chi connectivity index (χ2n) is 4.99. The zero-order valence-electron chi connectivity index (χ0n) is 13.9. The summed E-state index contributed by atoms with van der Waals surface area (Å²) in [5.74, 6) is -0.867. The Bertz CT molecular complexity index is 870. The van der Waals surface area contributed by atoms with Gasteiger partial charge in [0.1, 0.15) is 5.75 Å².